The van der Waals surface area contributed by atoms with Gasteiger partial charge in [-0.05, 0) is 42.5 Å². The number of aromatic carboxylic acids is 1. The van der Waals surface area contributed by atoms with Gasteiger partial charge in [-0.15, -0.1) is 22.7 Å². The van der Waals surface area contributed by atoms with E-state index in [4.69, 9.17) is 24.1 Å². The fourth-order valence-electron chi connectivity index (χ4n) is 8.50. The van der Waals surface area contributed by atoms with Crippen molar-refractivity contribution in [2.24, 2.45) is 0 Å². The first-order chi connectivity index (χ1) is 34.2. The van der Waals surface area contributed by atoms with Crippen LogP contribution in [0, 0.1) is 0 Å². The largest absolute Gasteiger partial charge is 2.00 e. The van der Waals surface area contributed by atoms with Gasteiger partial charge in [0.15, 0.2) is 18.7 Å². The van der Waals surface area contributed by atoms with Crippen LogP contribution in [0.3, 0.4) is 0 Å². The number of carboxylic acids is 2. The molecule has 404 valence electrons. The van der Waals surface area contributed by atoms with Crippen LogP contribution in [-0.4, -0.2) is 171 Å². The molecular weight excluding hydrogens is 985 g/mol. The van der Waals surface area contributed by atoms with Gasteiger partial charge in [0, 0.05) is 34.6 Å². The van der Waals surface area contributed by atoms with Crippen molar-refractivity contribution in [2.75, 3.05) is 13.2 Å². The fraction of sp³-hybridized carbons (Fsp3) is 0.686. The average molecular weight is 1070 g/mol. The molecule has 0 radical (unpaired) electrons. The Bertz CT molecular complexity index is 2030. The zero-order valence-corrected chi connectivity index (χ0v) is 44.9. The molecule has 5 heterocycles. The van der Waals surface area contributed by atoms with Gasteiger partial charge in [-0.3, -0.25) is 4.79 Å². The number of ether oxygens (including phenoxy) is 4. The summed E-state index contributed by atoms with van der Waals surface area (Å²) in [6.45, 7) is 3.43. The van der Waals surface area contributed by atoms with Gasteiger partial charge >= 0.3 is 41.0 Å². The van der Waals surface area contributed by atoms with Crippen molar-refractivity contribution in [3.8, 4) is 0 Å². The standard InChI is InChI=1S/C30H56O12.C21H22N2O4S2.Mg.2H/c1-2-3-4-5-6-7-8-9-10-11-12-13-14-15-16-17-22(33)41-28-24(35)23(34)20(18-31)40-30(28)42-27-21(19-32)39-29(38)26(37)25(27)36;1-2-3-6-19-22-12-15(10-14(20(24)25)11-16-5-4-9-28-16)23(19)13-17-7-8-18(29-17)21(26)27;;;/h20-21,23-32,34-38H,2-19H2,1H3;4-5,7-10,12H,2-3,6,11,13H2,1H3,(H,24,25)(H,26,27);;;/q;;+2;2*-1/b;14-10+;;;/t20-,21-,23+,24+,25-,26-,27-,28-,29-,30+;;;;/m1..../s1. The Morgan fingerprint density at radius 1 is 0.736 bits per heavy atom. The van der Waals surface area contributed by atoms with Gasteiger partial charge < -0.3 is 72.3 Å². The Labute approximate surface area is 450 Å². The Hall–Kier alpha value is -2.87. The summed E-state index contributed by atoms with van der Waals surface area (Å²) in [7, 11) is 0. The smallest absolute Gasteiger partial charge is 1.00 e. The van der Waals surface area contributed by atoms with Crippen LogP contribution in [0.5, 0.6) is 0 Å². The number of aliphatic carboxylic acids is 1. The first-order valence-corrected chi connectivity index (χ1v) is 27.0. The van der Waals surface area contributed by atoms with Crippen LogP contribution in [0.1, 0.15) is 163 Å². The number of aliphatic hydroxyl groups excluding tert-OH is 7. The molecule has 2 aliphatic rings. The first-order valence-electron chi connectivity index (χ1n) is 25.3. The maximum absolute atomic E-state index is 12.6. The van der Waals surface area contributed by atoms with Crippen LogP contribution in [0.25, 0.3) is 6.08 Å². The SMILES string of the molecule is CCCCCCCCCCCCCCCCCC(=O)O[C@H]1[C@H](O[C@H]2[C@H](O)[C@@H](O)[C@H](O)O[C@@H]2CO)O[C@H](CO)[C@H](O)[C@@H]1O.CCCCc1ncc(/C=C(\Cc2cccs2)C(=O)O)n1Cc1ccc(C(=O)O)s1.[H-].[H-].[Mg+2]. The Balaban J connectivity index is 0.000000752. The molecule has 21 heteroatoms. The van der Waals surface area contributed by atoms with Crippen molar-refractivity contribution in [1.29, 1.82) is 0 Å². The molecule has 0 bridgehead atoms. The quantitative estimate of drug-likeness (QED) is 0.0153. The molecule has 9 N–H and O–H groups in total. The first kappa shape index (κ1) is 63.4. The van der Waals surface area contributed by atoms with Crippen LogP contribution >= 0.6 is 22.7 Å². The second kappa shape index (κ2) is 34.6. The summed E-state index contributed by atoms with van der Waals surface area (Å²) in [6.07, 6.45) is 8.79. The maximum atomic E-state index is 12.6. The van der Waals surface area contributed by atoms with E-state index in [1.807, 2.05) is 22.1 Å². The molecule has 0 spiro atoms. The molecule has 10 atom stereocenters. The van der Waals surface area contributed by atoms with Crippen molar-refractivity contribution in [3.05, 3.63) is 67.6 Å². The van der Waals surface area contributed by atoms with Crippen molar-refractivity contribution in [1.82, 2.24) is 9.55 Å². The zero-order valence-electron chi connectivity index (χ0n) is 43.9. The number of aromatic nitrogens is 2. The van der Waals surface area contributed by atoms with Crippen molar-refractivity contribution in [3.63, 3.8) is 0 Å². The maximum Gasteiger partial charge on any atom is 2.00 e. The van der Waals surface area contributed by atoms with E-state index >= 15 is 0 Å². The molecular formula is C51H80MgN2O16S2. The van der Waals surface area contributed by atoms with E-state index in [0.29, 0.717) is 25.0 Å². The molecule has 3 aromatic rings. The van der Waals surface area contributed by atoms with Gasteiger partial charge in [0.2, 0.25) is 0 Å². The Morgan fingerprint density at radius 2 is 1.33 bits per heavy atom. The number of hydrogen-bond acceptors (Lipinski definition) is 17. The van der Waals surface area contributed by atoms with Gasteiger partial charge in [-0.2, -0.15) is 0 Å². The summed E-state index contributed by atoms with van der Waals surface area (Å²) in [4.78, 5) is 42.3. The van der Waals surface area contributed by atoms with E-state index in [0.717, 1.165) is 59.8 Å². The second-order valence-corrected chi connectivity index (χ2v) is 20.5. The molecule has 5 rings (SSSR count). The fourth-order valence-corrected chi connectivity index (χ4v) is 10.1. The van der Waals surface area contributed by atoms with Crippen molar-refractivity contribution < 1.29 is 82.1 Å². The van der Waals surface area contributed by atoms with Crippen LogP contribution in [-0.2, 0) is 47.9 Å². The van der Waals surface area contributed by atoms with Gasteiger partial charge in [0.05, 0.1) is 31.6 Å². The molecule has 18 nitrogen and oxygen atoms in total. The van der Waals surface area contributed by atoms with E-state index in [1.54, 1.807) is 24.4 Å². The van der Waals surface area contributed by atoms with E-state index in [-0.39, 0.29) is 37.2 Å². The third kappa shape index (κ3) is 20.7. The summed E-state index contributed by atoms with van der Waals surface area (Å²) in [6, 6.07) is 7.23. The van der Waals surface area contributed by atoms with Gasteiger partial charge in [0.25, 0.3) is 0 Å². The number of carboxylic acid groups (broad SMARTS) is 2. The Kier molecular flexibility index (Phi) is 30.5. The minimum atomic E-state index is -1.77. The van der Waals surface area contributed by atoms with E-state index in [9.17, 15) is 55.2 Å². The van der Waals surface area contributed by atoms with Crippen molar-refractivity contribution in [2.45, 2.75) is 210 Å². The summed E-state index contributed by atoms with van der Waals surface area (Å²) in [5.74, 6) is -1.66. The number of unbranched alkanes of at least 4 members (excludes halogenated alkanes) is 15. The number of hydrogen-bond donors (Lipinski definition) is 9. The molecule has 0 saturated carbocycles. The normalized spacial score (nSPS) is 24.3. The summed E-state index contributed by atoms with van der Waals surface area (Å²) in [5, 5.41) is 91.0. The van der Waals surface area contributed by atoms with E-state index in [1.165, 1.54) is 93.3 Å². The van der Waals surface area contributed by atoms with Crippen LogP contribution in [0.15, 0.2) is 41.4 Å². The van der Waals surface area contributed by atoms with E-state index in [2.05, 4.69) is 18.8 Å². The van der Waals surface area contributed by atoms with E-state index < -0.39 is 92.5 Å². The molecule has 0 aromatic carbocycles. The molecule has 2 fully saturated rings. The monoisotopic (exact) mass is 1060 g/mol. The van der Waals surface area contributed by atoms with Crippen LogP contribution in [0.4, 0.5) is 0 Å². The molecule has 2 saturated heterocycles. The number of aliphatic hydroxyl groups is 7. The molecule has 0 amide bonds. The molecule has 72 heavy (non-hydrogen) atoms. The number of esters is 1. The number of rotatable bonds is 31. The van der Waals surface area contributed by atoms with Gasteiger partial charge in [-0.25, -0.2) is 14.6 Å². The summed E-state index contributed by atoms with van der Waals surface area (Å²) < 4.78 is 23.7. The number of nitrogens with zero attached hydrogens (tertiary/aromatic N) is 2. The number of carbonyl (C=O) groups is 3. The molecule has 2 aliphatic heterocycles. The topological polar surface area (TPSA) is 288 Å². The third-order valence-corrected chi connectivity index (χ3v) is 14.6. The molecule has 3 aromatic heterocycles. The van der Waals surface area contributed by atoms with Crippen LogP contribution < -0.4 is 0 Å². The van der Waals surface area contributed by atoms with Crippen LogP contribution in [0.2, 0.25) is 0 Å². The number of imidazole rings is 1. The number of aryl methyl sites for hydroxylation is 1. The Morgan fingerprint density at radius 3 is 1.88 bits per heavy atom. The van der Waals surface area contributed by atoms with Gasteiger partial charge in [-0.1, -0.05) is 116 Å². The number of thiophene rings is 2. The minimum absolute atomic E-state index is 0. The second-order valence-electron chi connectivity index (χ2n) is 18.3. The molecule has 0 unspecified atom stereocenters. The number of carbonyl (C=O) groups excluding carboxylic acids is 1. The predicted molar refractivity (Wildman–Crippen MR) is 275 cm³/mol. The molecule has 0 aliphatic carbocycles. The minimum Gasteiger partial charge on any atom is -1.00 e. The average Bonchev–Trinajstić information content (AvgIpc) is 4.14. The van der Waals surface area contributed by atoms with Crippen molar-refractivity contribution >= 4 is 69.7 Å². The summed E-state index contributed by atoms with van der Waals surface area (Å²) in [5.41, 5.74) is 1.02. The summed E-state index contributed by atoms with van der Waals surface area (Å²) >= 11 is 2.75. The zero-order chi connectivity index (χ0) is 51.7. The van der Waals surface area contributed by atoms with Gasteiger partial charge in [0.1, 0.15) is 53.4 Å². The third-order valence-electron chi connectivity index (χ3n) is 12.7. The predicted octanol–water partition coefficient (Wildman–Crippen LogP) is 6.07.